The number of benzene rings is 2. The number of hydrogen-bond donors (Lipinski definition) is 1. The van der Waals surface area contributed by atoms with Gasteiger partial charge in [0.25, 0.3) is 0 Å². The third-order valence-corrected chi connectivity index (χ3v) is 5.33. The molecule has 0 aliphatic carbocycles. The number of aliphatic hydroxyl groups excluding tert-OH is 1. The van der Waals surface area contributed by atoms with Crippen LogP contribution >= 0.6 is 0 Å². The molecule has 140 valence electrons. The molecule has 0 spiro atoms. The van der Waals surface area contributed by atoms with Gasteiger partial charge < -0.3 is 5.11 Å². The lowest BCUT2D eigenvalue weighted by atomic mass is 9.99. The number of aryl methyl sites for hydroxylation is 2. The highest BCUT2D eigenvalue weighted by Crippen LogP contribution is 2.25. The molecule has 1 aromatic heterocycles. The number of hydrogen-bond acceptors (Lipinski definition) is 3. The van der Waals surface area contributed by atoms with Crippen molar-refractivity contribution in [3.05, 3.63) is 77.1 Å². The summed E-state index contributed by atoms with van der Waals surface area (Å²) in [6.07, 6.45) is 0.564. The van der Waals surface area contributed by atoms with Crippen molar-refractivity contribution < 1.29 is 5.11 Å². The Morgan fingerprint density at radius 3 is 2.74 bits per heavy atom. The van der Waals surface area contributed by atoms with Crippen molar-refractivity contribution in [2.45, 2.75) is 46.0 Å². The van der Waals surface area contributed by atoms with Gasteiger partial charge in [-0.25, -0.2) is 0 Å². The van der Waals surface area contributed by atoms with Crippen molar-refractivity contribution in [1.82, 2.24) is 14.7 Å². The standard InChI is InChI=1S/C23H27N3O/c1-17-7-3-4-10-22(17)20-9-5-8-19(13-20)15-25-11-6-12-26-21(16-25)14-23(24-26)18(2)27/h3-5,7-10,13-14,18,27H,6,11-12,15-16H2,1-2H3/t18-/m0/s1. The molecule has 4 heteroatoms. The summed E-state index contributed by atoms with van der Waals surface area (Å²) in [6.45, 7) is 7.71. The fraction of sp³-hybridized carbons (Fsp3) is 0.348. The molecule has 27 heavy (non-hydrogen) atoms. The fourth-order valence-electron chi connectivity index (χ4n) is 3.88. The van der Waals surface area contributed by atoms with Crippen LogP contribution in [0.4, 0.5) is 0 Å². The lowest BCUT2D eigenvalue weighted by Gasteiger charge is -2.20. The van der Waals surface area contributed by atoms with Crippen molar-refractivity contribution >= 4 is 0 Å². The summed E-state index contributed by atoms with van der Waals surface area (Å²) < 4.78 is 2.06. The minimum absolute atomic E-state index is 0.510. The topological polar surface area (TPSA) is 41.3 Å². The Labute approximate surface area is 161 Å². The van der Waals surface area contributed by atoms with Crippen LogP contribution in [0.1, 0.15) is 42.0 Å². The second-order valence-electron chi connectivity index (χ2n) is 7.54. The molecule has 0 saturated carbocycles. The van der Waals surface area contributed by atoms with E-state index in [1.54, 1.807) is 6.92 Å². The average molecular weight is 361 g/mol. The molecule has 0 amide bonds. The van der Waals surface area contributed by atoms with E-state index in [0.29, 0.717) is 0 Å². The first kappa shape index (κ1) is 18.0. The van der Waals surface area contributed by atoms with Crippen LogP contribution in [-0.4, -0.2) is 26.3 Å². The van der Waals surface area contributed by atoms with Gasteiger partial charge in [0.05, 0.1) is 17.5 Å². The van der Waals surface area contributed by atoms with Crippen LogP contribution in [0, 0.1) is 6.92 Å². The van der Waals surface area contributed by atoms with Gasteiger partial charge in [0.2, 0.25) is 0 Å². The molecule has 1 atom stereocenters. The van der Waals surface area contributed by atoms with Gasteiger partial charge in [0.1, 0.15) is 0 Å². The van der Waals surface area contributed by atoms with E-state index in [2.05, 4.69) is 70.1 Å². The molecule has 0 radical (unpaired) electrons. The van der Waals surface area contributed by atoms with E-state index in [1.165, 1.54) is 27.9 Å². The third-order valence-electron chi connectivity index (χ3n) is 5.33. The molecule has 0 unspecified atom stereocenters. The fourth-order valence-corrected chi connectivity index (χ4v) is 3.88. The molecule has 2 heterocycles. The van der Waals surface area contributed by atoms with Crippen LogP contribution in [0.5, 0.6) is 0 Å². The molecule has 3 aromatic rings. The molecular weight excluding hydrogens is 334 g/mol. The number of fused-ring (bicyclic) bond motifs is 1. The zero-order chi connectivity index (χ0) is 18.8. The normalized spacial score (nSPS) is 16.0. The van der Waals surface area contributed by atoms with Gasteiger partial charge in [-0.05, 0) is 54.7 Å². The van der Waals surface area contributed by atoms with Crippen molar-refractivity contribution in [2.24, 2.45) is 0 Å². The first-order chi connectivity index (χ1) is 13.1. The molecular formula is C23H27N3O. The Morgan fingerprint density at radius 2 is 1.93 bits per heavy atom. The zero-order valence-electron chi connectivity index (χ0n) is 16.1. The van der Waals surface area contributed by atoms with Gasteiger partial charge in [0, 0.05) is 26.2 Å². The quantitative estimate of drug-likeness (QED) is 0.752. The molecule has 4 nitrogen and oxygen atoms in total. The van der Waals surface area contributed by atoms with Crippen LogP contribution in [0.3, 0.4) is 0 Å². The van der Waals surface area contributed by atoms with Crippen LogP contribution in [-0.2, 0) is 19.6 Å². The van der Waals surface area contributed by atoms with E-state index < -0.39 is 6.10 Å². The maximum absolute atomic E-state index is 9.82. The third kappa shape index (κ3) is 3.97. The Hall–Kier alpha value is -2.43. The molecule has 2 aromatic carbocycles. The van der Waals surface area contributed by atoms with E-state index in [-0.39, 0.29) is 0 Å². The van der Waals surface area contributed by atoms with Gasteiger partial charge in [-0.15, -0.1) is 0 Å². The second-order valence-corrected chi connectivity index (χ2v) is 7.54. The lowest BCUT2D eigenvalue weighted by molar-refractivity contribution is 0.193. The first-order valence-electron chi connectivity index (χ1n) is 9.72. The maximum atomic E-state index is 9.82. The second kappa shape index (κ2) is 7.67. The van der Waals surface area contributed by atoms with Crippen molar-refractivity contribution in [3.8, 4) is 11.1 Å². The van der Waals surface area contributed by atoms with Gasteiger partial charge in [-0.1, -0.05) is 42.5 Å². The minimum Gasteiger partial charge on any atom is -0.387 e. The van der Waals surface area contributed by atoms with Gasteiger partial charge in [-0.3, -0.25) is 9.58 Å². The monoisotopic (exact) mass is 361 g/mol. The Morgan fingerprint density at radius 1 is 1.07 bits per heavy atom. The minimum atomic E-state index is -0.510. The Kier molecular flexibility index (Phi) is 5.10. The molecule has 0 fully saturated rings. The van der Waals surface area contributed by atoms with Crippen molar-refractivity contribution in [3.63, 3.8) is 0 Å². The average Bonchev–Trinajstić information content (AvgIpc) is 2.96. The summed E-state index contributed by atoms with van der Waals surface area (Å²) in [7, 11) is 0. The number of aliphatic hydroxyl groups is 1. The maximum Gasteiger partial charge on any atom is 0.0950 e. The van der Waals surface area contributed by atoms with E-state index in [1.807, 2.05) is 6.07 Å². The van der Waals surface area contributed by atoms with E-state index in [9.17, 15) is 5.11 Å². The Balaban J connectivity index is 1.54. The SMILES string of the molecule is Cc1ccccc1-c1cccc(CN2CCCn3nc([C@H](C)O)cc3C2)c1. The Bertz CT molecular complexity index is 929. The summed E-state index contributed by atoms with van der Waals surface area (Å²) in [5.41, 5.74) is 7.18. The highest BCUT2D eigenvalue weighted by molar-refractivity contribution is 5.67. The summed E-state index contributed by atoms with van der Waals surface area (Å²) in [6, 6.07) is 19.5. The number of rotatable bonds is 4. The van der Waals surface area contributed by atoms with Crippen molar-refractivity contribution in [1.29, 1.82) is 0 Å². The first-order valence-corrected chi connectivity index (χ1v) is 9.72. The predicted molar refractivity (Wildman–Crippen MR) is 108 cm³/mol. The van der Waals surface area contributed by atoms with E-state index in [0.717, 1.165) is 38.3 Å². The predicted octanol–water partition coefficient (Wildman–Crippen LogP) is 4.32. The smallest absolute Gasteiger partial charge is 0.0950 e. The highest BCUT2D eigenvalue weighted by atomic mass is 16.3. The molecule has 1 aliphatic heterocycles. The zero-order valence-corrected chi connectivity index (χ0v) is 16.1. The van der Waals surface area contributed by atoms with Gasteiger partial charge >= 0.3 is 0 Å². The molecule has 1 N–H and O–H groups in total. The van der Waals surface area contributed by atoms with Gasteiger partial charge in [-0.2, -0.15) is 5.10 Å². The van der Waals surface area contributed by atoms with Crippen LogP contribution in [0.15, 0.2) is 54.6 Å². The van der Waals surface area contributed by atoms with Crippen LogP contribution in [0.25, 0.3) is 11.1 Å². The summed E-state index contributed by atoms with van der Waals surface area (Å²) in [5, 5.41) is 14.4. The summed E-state index contributed by atoms with van der Waals surface area (Å²) >= 11 is 0. The molecule has 0 saturated heterocycles. The van der Waals surface area contributed by atoms with Crippen LogP contribution < -0.4 is 0 Å². The lowest BCUT2D eigenvalue weighted by Crippen LogP contribution is -2.22. The molecule has 4 rings (SSSR count). The highest BCUT2D eigenvalue weighted by Gasteiger charge is 2.18. The van der Waals surface area contributed by atoms with E-state index >= 15 is 0 Å². The largest absolute Gasteiger partial charge is 0.387 e. The molecule has 0 bridgehead atoms. The number of aromatic nitrogens is 2. The summed E-state index contributed by atoms with van der Waals surface area (Å²) in [5.74, 6) is 0. The van der Waals surface area contributed by atoms with Gasteiger partial charge in [0.15, 0.2) is 0 Å². The van der Waals surface area contributed by atoms with Crippen molar-refractivity contribution in [2.75, 3.05) is 6.54 Å². The molecule has 1 aliphatic rings. The number of nitrogens with zero attached hydrogens (tertiary/aromatic N) is 3. The van der Waals surface area contributed by atoms with E-state index in [4.69, 9.17) is 0 Å². The summed E-state index contributed by atoms with van der Waals surface area (Å²) in [4.78, 5) is 2.48. The van der Waals surface area contributed by atoms with Crippen LogP contribution in [0.2, 0.25) is 0 Å².